The van der Waals surface area contributed by atoms with E-state index in [2.05, 4.69) is 11.8 Å². The predicted molar refractivity (Wildman–Crippen MR) is 117 cm³/mol. The lowest BCUT2D eigenvalue weighted by molar-refractivity contribution is -0.136. The van der Waals surface area contributed by atoms with Gasteiger partial charge in [-0.05, 0) is 50.0 Å². The number of alkyl halides is 3. The zero-order valence-electron chi connectivity index (χ0n) is 18.2. The Morgan fingerprint density at radius 3 is 2.53 bits per heavy atom. The molecule has 32 heavy (non-hydrogen) atoms. The smallest absolute Gasteiger partial charge is 0.417 e. The lowest BCUT2D eigenvalue weighted by Gasteiger charge is -2.30. The summed E-state index contributed by atoms with van der Waals surface area (Å²) in [4.78, 5) is 2.36. The quantitative estimate of drug-likeness (QED) is 0.543. The van der Waals surface area contributed by atoms with Gasteiger partial charge in [0, 0.05) is 24.2 Å². The first-order valence-corrected chi connectivity index (χ1v) is 10.7. The fourth-order valence-corrected chi connectivity index (χ4v) is 4.18. The second-order valence-electron chi connectivity index (χ2n) is 8.30. The van der Waals surface area contributed by atoms with Crippen molar-refractivity contribution >= 4 is 10.8 Å². The molecule has 1 fully saturated rings. The molecule has 0 atom stereocenters. The maximum absolute atomic E-state index is 13.4. The van der Waals surface area contributed by atoms with E-state index >= 15 is 0 Å². The molecule has 1 saturated heterocycles. The highest BCUT2D eigenvalue weighted by molar-refractivity contribution is 5.92. The van der Waals surface area contributed by atoms with E-state index in [1.807, 2.05) is 0 Å². The van der Waals surface area contributed by atoms with Gasteiger partial charge in [0.05, 0.1) is 23.7 Å². The Morgan fingerprint density at radius 1 is 1.09 bits per heavy atom. The van der Waals surface area contributed by atoms with Gasteiger partial charge in [-0.3, -0.25) is 9.47 Å². The standard InChI is InChI=1S/C24H27F3N2O3/c1-16-8-10-28(11-9-16)12-13-32-21-14-18(6-7-20(21)31-2)29-15-17-4-3-5-19(24(25,26)27)22(17)23(29)30/h3-7,14-16,30H,8-13H2,1-2H3. The molecule has 0 saturated carbocycles. The molecule has 2 aromatic carbocycles. The van der Waals surface area contributed by atoms with Gasteiger partial charge in [-0.2, -0.15) is 13.2 Å². The van der Waals surface area contributed by atoms with Crippen LogP contribution in [0.4, 0.5) is 13.2 Å². The molecular formula is C24H27F3N2O3. The first-order chi connectivity index (χ1) is 15.3. The Labute approximate surface area is 185 Å². The Morgan fingerprint density at radius 2 is 1.84 bits per heavy atom. The molecule has 1 aromatic heterocycles. The van der Waals surface area contributed by atoms with E-state index in [0.717, 1.165) is 31.6 Å². The van der Waals surface area contributed by atoms with Crippen molar-refractivity contribution in [3.8, 4) is 23.1 Å². The third kappa shape index (κ3) is 4.50. The van der Waals surface area contributed by atoms with Gasteiger partial charge in [0.1, 0.15) is 6.61 Å². The molecule has 0 spiro atoms. The molecule has 0 radical (unpaired) electrons. The van der Waals surface area contributed by atoms with Gasteiger partial charge in [0.15, 0.2) is 11.5 Å². The van der Waals surface area contributed by atoms with Crippen LogP contribution < -0.4 is 9.47 Å². The molecule has 2 heterocycles. The van der Waals surface area contributed by atoms with Crippen LogP contribution in [0.5, 0.6) is 17.4 Å². The SMILES string of the molecule is COc1ccc(-n2cc3cccc(C(F)(F)F)c3c2O)cc1OCCN1CCC(C)CC1. The van der Waals surface area contributed by atoms with E-state index in [4.69, 9.17) is 9.47 Å². The number of likely N-dealkylation sites (tertiary alicyclic amines) is 1. The van der Waals surface area contributed by atoms with Crippen LogP contribution in [0, 0.1) is 5.92 Å². The summed E-state index contributed by atoms with van der Waals surface area (Å²) in [5, 5.41) is 10.7. The number of hydrogen-bond donors (Lipinski definition) is 1. The van der Waals surface area contributed by atoms with Gasteiger partial charge in [-0.1, -0.05) is 19.1 Å². The number of ether oxygens (including phenoxy) is 2. The van der Waals surface area contributed by atoms with Crippen LogP contribution in [-0.2, 0) is 6.18 Å². The zero-order valence-corrected chi connectivity index (χ0v) is 18.2. The topological polar surface area (TPSA) is 46.9 Å². The molecule has 0 unspecified atom stereocenters. The lowest BCUT2D eigenvalue weighted by Crippen LogP contribution is -2.35. The minimum absolute atomic E-state index is 0.224. The Hall–Kier alpha value is -2.87. The van der Waals surface area contributed by atoms with Gasteiger partial charge in [-0.15, -0.1) is 0 Å². The highest BCUT2D eigenvalue weighted by Gasteiger charge is 2.34. The second kappa shape index (κ2) is 8.94. The number of halogens is 3. The molecule has 8 heteroatoms. The number of nitrogens with zero attached hydrogens (tertiary/aromatic N) is 2. The van der Waals surface area contributed by atoms with Crippen LogP contribution in [-0.4, -0.2) is 47.9 Å². The van der Waals surface area contributed by atoms with E-state index < -0.39 is 17.6 Å². The summed E-state index contributed by atoms with van der Waals surface area (Å²) in [6, 6.07) is 8.87. The van der Waals surface area contributed by atoms with E-state index in [1.165, 1.54) is 36.8 Å². The van der Waals surface area contributed by atoms with Crippen molar-refractivity contribution in [1.82, 2.24) is 9.47 Å². The fourth-order valence-electron chi connectivity index (χ4n) is 4.18. The molecule has 3 aromatic rings. The fraction of sp³-hybridized carbons (Fsp3) is 0.417. The van der Waals surface area contributed by atoms with Crippen LogP contribution >= 0.6 is 0 Å². The summed E-state index contributed by atoms with van der Waals surface area (Å²) >= 11 is 0. The van der Waals surface area contributed by atoms with Gasteiger partial charge >= 0.3 is 6.18 Å². The van der Waals surface area contributed by atoms with Gasteiger partial charge in [0.25, 0.3) is 0 Å². The molecule has 0 bridgehead atoms. The van der Waals surface area contributed by atoms with Crippen LogP contribution in [0.3, 0.4) is 0 Å². The van der Waals surface area contributed by atoms with Crippen LogP contribution in [0.25, 0.3) is 16.5 Å². The number of benzene rings is 2. The van der Waals surface area contributed by atoms with Crippen molar-refractivity contribution in [1.29, 1.82) is 0 Å². The summed E-state index contributed by atoms with van der Waals surface area (Å²) in [6.07, 6.45) is -0.720. The molecule has 172 valence electrons. The zero-order chi connectivity index (χ0) is 22.9. The minimum atomic E-state index is -4.57. The predicted octanol–water partition coefficient (Wildman–Crippen LogP) is 5.47. The first-order valence-electron chi connectivity index (χ1n) is 10.7. The Balaban J connectivity index is 1.59. The third-order valence-electron chi connectivity index (χ3n) is 6.09. The van der Waals surface area contributed by atoms with Crippen molar-refractivity contribution in [2.45, 2.75) is 25.9 Å². The lowest BCUT2D eigenvalue weighted by atomic mass is 9.99. The highest BCUT2D eigenvalue weighted by Crippen LogP contribution is 2.41. The van der Waals surface area contributed by atoms with Crippen molar-refractivity contribution in [2.75, 3.05) is 33.4 Å². The third-order valence-corrected chi connectivity index (χ3v) is 6.09. The summed E-state index contributed by atoms with van der Waals surface area (Å²) in [7, 11) is 1.53. The van der Waals surface area contributed by atoms with Crippen molar-refractivity contribution in [2.24, 2.45) is 5.92 Å². The monoisotopic (exact) mass is 448 g/mol. The number of aromatic hydroxyl groups is 1. The second-order valence-corrected chi connectivity index (χ2v) is 8.30. The van der Waals surface area contributed by atoms with E-state index in [0.29, 0.717) is 29.2 Å². The van der Waals surface area contributed by atoms with Crippen LogP contribution in [0.2, 0.25) is 0 Å². The van der Waals surface area contributed by atoms with Crippen molar-refractivity contribution in [3.05, 3.63) is 48.2 Å². The normalized spacial score (nSPS) is 15.9. The van der Waals surface area contributed by atoms with E-state index in [9.17, 15) is 18.3 Å². The number of aromatic nitrogens is 1. The first kappa shape index (κ1) is 22.3. The molecule has 4 rings (SSSR count). The van der Waals surface area contributed by atoms with E-state index in [1.54, 1.807) is 24.3 Å². The maximum atomic E-state index is 13.4. The Bertz CT molecular complexity index is 1090. The van der Waals surface area contributed by atoms with E-state index in [-0.39, 0.29) is 5.39 Å². The highest BCUT2D eigenvalue weighted by atomic mass is 19.4. The molecule has 1 aliphatic rings. The summed E-state index contributed by atoms with van der Waals surface area (Å²) in [5.41, 5.74) is -0.387. The number of fused-ring (bicyclic) bond motifs is 1. The van der Waals surface area contributed by atoms with Gasteiger partial charge < -0.3 is 14.6 Å². The number of piperidine rings is 1. The molecule has 1 aliphatic heterocycles. The number of hydrogen-bond acceptors (Lipinski definition) is 4. The summed E-state index contributed by atoms with van der Waals surface area (Å²) in [5.74, 6) is 1.29. The summed E-state index contributed by atoms with van der Waals surface area (Å²) in [6.45, 7) is 5.61. The molecule has 1 N–H and O–H groups in total. The number of rotatable bonds is 6. The maximum Gasteiger partial charge on any atom is 0.417 e. The van der Waals surface area contributed by atoms with Gasteiger partial charge in [-0.25, -0.2) is 0 Å². The largest absolute Gasteiger partial charge is 0.494 e. The van der Waals surface area contributed by atoms with Crippen LogP contribution in [0.1, 0.15) is 25.3 Å². The average molecular weight is 448 g/mol. The van der Waals surface area contributed by atoms with Crippen molar-refractivity contribution < 1.29 is 27.8 Å². The Kier molecular flexibility index (Phi) is 6.24. The molecule has 0 amide bonds. The van der Waals surface area contributed by atoms with Crippen molar-refractivity contribution in [3.63, 3.8) is 0 Å². The number of methoxy groups -OCH3 is 1. The van der Waals surface area contributed by atoms with Crippen LogP contribution in [0.15, 0.2) is 42.6 Å². The summed E-state index contributed by atoms with van der Waals surface area (Å²) < 4.78 is 53.0. The molecular weight excluding hydrogens is 421 g/mol. The van der Waals surface area contributed by atoms with Gasteiger partial charge in [0.2, 0.25) is 5.88 Å². The molecule has 0 aliphatic carbocycles. The minimum Gasteiger partial charge on any atom is -0.494 e. The molecule has 5 nitrogen and oxygen atoms in total. The average Bonchev–Trinajstić information content (AvgIpc) is 3.11.